The SMILES string of the molecule is CC(C)c1ccc(CC(=O)N(Cc2ccccc2)c2nc3c(F)cccc3s2)cc1. The van der Waals surface area contributed by atoms with Crippen molar-refractivity contribution in [2.24, 2.45) is 0 Å². The molecule has 4 aromatic rings. The maximum atomic E-state index is 14.2. The third-order valence-corrected chi connectivity index (χ3v) is 6.12. The number of halogens is 1. The van der Waals surface area contributed by atoms with E-state index in [1.807, 2.05) is 48.5 Å². The number of thiazole rings is 1. The molecular weight excluding hydrogens is 395 g/mol. The lowest BCUT2D eigenvalue weighted by Gasteiger charge is -2.20. The summed E-state index contributed by atoms with van der Waals surface area (Å²) < 4.78 is 14.9. The molecule has 0 aliphatic rings. The molecule has 3 aromatic carbocycles. The number of benzene rings is 3. The first-order valence-corrected chi connectivity index (χ1v) is 10.8. The standard InChI is InChI=1S/C25H23FN2OS/c1-17(2)20-13-11-18(12-14-20)15-23(29)28(16-19-7-4-3-5-8-19)25-27-24-21(26)9-6-10-22(24)30-25/h3-14,17H,15-16H2,1-2H3. The summed E-state index contributed by atoms with van der Waals surface area (Å²) in [6, 6.07) is 22.8. The Balaban J connectivity index is 1.65. The van der Waals surface area contributed by atoms with Gasteiger partial charge in [-0.2, -0.15) is 0 Å². The minimum Gasteiger partial charge on any atom is -0.283 e. The van der Waals surface area contributed by atoms with Gasteiger partial charge < -0.3 is 0 Å². The number of hydrogen-bond donors (Lipinski definition) is 0. The number of amides is 1. The summed E-state index contributed by atoms with van der Waals surface area (Å²) in [6.07, 6.45) is 0.267. The number of hydrogen-bond acceptors (Lipinski definition) is 3. The van der Waals surface area contributed by atoms with Gasteiger partial charge in [-0.1, -0.05) is 85.8 Å². The second-order valence-corrected chi connectivity index (χ2v) is 8.63. The first kappa shape index (κ1) is 20.2. The molecule has 5 heteroatoms. The van der Waals surface area contributed by atoms with Crippen LogP contribution in [-0.4, -0.2) is 10.9 Å². The summed E-state index contributed by atoms with van der Waals surface area (Å²) >= 11 is 1.34. The molecule has 0 aliphatic heterocycles. The molecule has 0 N–H and O–H groups in total. The van der Waals surface area contributed by atoms with Gasteiger partial charge in [-0.3, -0.25) is 9.69 Å². The second-order valence-electron chi connectivity index (χ2n) is 7.62. The van der Waals surface area contributed by atoms with Gasteiger partial charge in [0.1, 0.15) is 11.3 Å². The van der Waals surface area contributed by atoms with Crippen LogP contribution in [0.3, 0.4) is 0 Å². The molecule has 1 heterocycles. The van der Waals surface area contributed by atoms with Crippen LogP contribution in [0, 0.1) is 5.82 Å². The Morgan fingerprint density at radius 3 is 2.37 bits per heavy atom. The summed E-state index contributed by atoms with van der Waals surface area (Å²) in [5.41, 5.74) is 3.51. The third-order valence-electron chi connectivity index (χ3n) is 5.08. The van der Waals surface area contributed by atoms with Crippen LogP contribution >= 0.6 is 11.3 Å². The fourth-order valence-electron chi connectivity index (χ4n) is 3.34. The summed E-state index contributed by atoms with van der Waals surface area (Å²) in [5.74, 6) is 0.0176. The Morgan fingerprint density at radius 1 is 0.967 bits per heavy atom. The van der Waals surface area contributed by atoms with Crippen LogP contribution in [0.2, 0.25) is 0 Å². The molecule has 4 rings (SSSR count). The van der Waals surface area contributed by atoms with E-state index in [2.05, 4.69) is 31.0 Å². The molecule has 0 aliphatic carbocycles. The molecule has 0 unspecified atom stereocenters. The van der Waals surface area contributed by atoms with Crippen LogP contribution in [0.4, 0.5) is 9.52 Å². The minimum absolute atomic E-state index is 0.0596. The highest BCUT2D eigenvalue weighted by molar-refractivity contribution is 7.22. The van der Waals surface area contributed by atoms with E-state index in [9.17, 15) is 9.18 Å². The topological polar surface area (TPSA) is 33.2 Å². The number of fused-ring (bicyclic) bond motifs is 1. The molecule has 0 fully saturated rings. The molecule has 0 saturated heterocycles. The number of nitrogens with zero attached hydrogens (tertiary/aromatic N) is 2. The second kappa shape index (κ2) is 8.76. The monoisotopic (exact) mass is 418 g/mol. The molecule has 152 valence electrons. The van der Waals surface area contributed by atoms with Gasteiger partial charge in [-0.25, -0.2) is 9.37 Å². The van der Waals surface area contributed by atoms with Gasteiger partial charge in [0.15, 0.2) is 5.13 Å². The molecule has 30 heavy (non-hydrogen) atoms. The van der Waals surface area contributed by atoms with E-state index in [0.717, 1.165) is 15.8 Å². The van der Waals surface area contributed by atoms with Crippen molar-refractivity contribution in [2.45, 2.75) is 32.7 Å². The molecule has 0 bridgehead atoms. The van der Waals surface area contributed by atoms with Gasteiger partial charge in [0.25, 0.3) is 0 Å². The maximum Gasteiger partial charge on any atom is 0.233 e. The Bertz CT molecular complexity index is 1150. The third kappa shape index (κ3) is 4.41. The molecule has 1 aromatic heterocycles. The van der Waals surface area contributed by atoms with Gasteiger partial charge in [0.2, 0.25) is 5.91 Å². The lowest BCUT2D eigenvalue weighted by atomic mass is 10.0. The van der Waals surface area contributed by atoms with Gasteiger partial charge in [0.05, 0.1) is 17.7 Å². The largest absolute Gasteiger partial charge is 0.283 e. The van der Waals surface area contributed by atoms with Crippen LogP contribution < -0.4 is 4.90 Å². The van der Waals surface area contributed by atoms with Crippen molar-refractivity contribution in [2.75, 3.05) is 4.90 Å². The number of aromatic nitrogens is 1. The first-order valence-electron chi connectivity index (χ1n) is 9.99. The quantitative estimate of drug-likeness (QED) is 0.366. The van der Waals surface area contributed by atoms with Crippen molar-refractivity contribution in [3.63, 3.8) is 0 Å². The molecule has 0 saturated carbocycles. The highest BCUT2D eigenvalue weighted by Crippen LogP contribution is 2.31. The molecular formula is C25H23FN2OS. The normalized spacial score (nSPS) is 11.2. The smallest absolute Gasteiger partial charge is 0.233 e. The summed E-state index contributed by atoms with van der Waals surface area (Å²) in [5, 5.41) is 0.516. The lowest BCUT2D eigenvalue weighted by Crippen LogP contribution is -2.31. The minimum atomic E-state index is -0.369. The van der Waals surface area contributed by atoms with Crippen LogP contribution in [0.25, 0.3) is 10.2 Å². The summed E-state index contributed by atoms with van der Waals surface area (Å²) in [6.45, 7) is 4.69. The van der Waals surface area contributed by atoms with Crippen molar-refractivity contribution in [3.05, 3.63) is 95.3 Å². The van der Waals surface area contributed by atoms with E-state index < -0.39 is 0 Å². The van der Waals surface area contributed by atoms with Gasteiger partial charge in [-0.05, 0) is 34.7 Å². The molecule has 0 radical (unpaired) electrons. The van der Waals surface area contributed by atoms with E-state index in [0.29, 0.717) is 23.1 Å². The number of rotatable bonds is 6. The van der Waals surface area contributed by atoms with Crippen molar-refractivity contribution >= 4 is 32.6 Å². The van der Waals surface area contributed by atoms with E-state index in [1.54, 1.807) is 11.0 Å². The molecule has 0 spiro atoms. The van der Waals surface area contributed by atoms with Crippen molar-refractivity contribution in [3.8, 4) is 0 Å². The van der Waals surface area contributed by atoms with Crippen molar-refractivity contribution in [1.82, 2.24) is 4.98 Å². The Kier molecular flexibility index (Phi) is 5.91. The Morgan fingerprint density at radius 2 is 1.70 bits per heavy atom. The first-order chi connectivity index (χ1) is 14.5. The summed E-state index contributed by atoms with van der Waals surface area (Å²) in [7, 11) is 0. The average molecular weight is 419 g/mol. The fourth-order valence-corrected chi connectivity index (χ4v) is 4.33. The predicted octanol–water partition coefficient (Wildman–Crippen LogP) is 6.33. The van der Waals surface area contributed by atoms with E-state index in [-0.39, 0.29) is 18.1 Å². The Labute approximate surface area is 179 Å². The van der Waals surface area contributed by atoms with Crippen LogP contribution in [0.1, 0.15) is 36.5 Å². The molecule has 3 nitrogen and oxygen atoms in total. The van der Waals surface area contributed by atoms with Crippen LogP contribution in [0.5, 0.6) is 0 Å². The van der Waals surface area contributed by atoms with Crippen LogP contribution in [0.15, 0.2) is 72.8 Å². The number of para-hydroxylation sites is 1. The van der Waals surface area contributed by atoms with Gasteiger partial charge in [0, 0.05) is 0 Å². The number of anilines is 1. The zero-order valence-corrected chi connectivity index (χ0v) is 17.8. The Hall–Kier alpha value is -3.05. The molecule has 1 amide bonds. The maximum absolute atomic E-state index is 14.2. The van der Waals surface area contributed by atoms with Crippen molar-refractivity contribution < 1.29 is 9.18 Å². The zero-order valence-electron chi connectivity index (χ0n) is 17.0. The lowest BCUT2D eigenvalue weighted by molar-refractivity contribution is -0.118. The van der Waals surface area contributed by atoms with Gasteiger partial charge >= 0.3 is 0 Å². The average Bonchev–Trinajstić information content (AvgIpc) is 3.18. The van der Waals surface area contributed by atoms with Gasteiger partial charge in [-0.15, -0.1) is 0 Å². The molecule has 0 atom stereocenters. The van der Waals surface area contributed by atoms with Crippen molar-refractivity contribution in [1.29, 1.82) is 0 Å². The highest BCUT2D eigenvalue weighted by atomic mass is 32.1. The van der Waals surface area contributed by atoms with E-state index >= 15 is 0 Å². The zero-order chi connectivity index (χ0) is 21.1. The predicted molar refractivity (Wildman–Crippen MR) is 121 cm³/mol. The van der Waals surface area contributed by atoms with E-state index in [4.69, 9.17) is 0 Å². The summed E-state index contributed by atoms with van der Waals surface area (Å²) in [4.78, 5) is 19.4. The van der Waals surface area contributed by atoms with Crippen LogP contribution in [-0.2, 0) is 17.8 Å². The fraction of sp³-hybridized carbons (Fsp3) is 0.200. The van der Waals surface area contributed by atoms with E-state index in [1.165, 1.54) is 23.0 Å². The number of carbonyl (C=O) groups is 1. The highest BCUT2D eigenvalue weighted by Gasteiger charge is 2.21. The number of carbonyl (C=O) groups excluding carboxylic acids is 1.